The van der Waals surface area contributed by atoms with Crippen molar-refractivity contribution in [2.45, 2.75) is 25.3 Å². The Hall–Kier alpha value is -1.80. The summed E-state index contributed by atoms with van der Waals surface area (Å²) in [6.07, 6.45) is 6.46. The van der Waals surface area contributed by atoms with E-state index in [9.17, 15) is 0 Å². The maximum atomic E-state index is 5.90. The number of piperidine rings is 1. The summed E-state index contributed by atoms with van der Waals surface area (Å²) in [5, 5.41) is 4.03. The number of hydrogen-bond donors (Lipinski definition) is 0. The van der Waals surface area contributed by atoms with E-state index in [1.54, 1.807) is 0 Å². The van der Waals surface area contributed by atoms with Crippen molar-refractivity contribution in [1.29, 1.82) is 0 Å². The third kappa shape index (κ3) is 3.45. The van der Waals surface area contributed by atoms with E-state index in [-0.39, 0.29) is 11.3 Å². The van der Waals surface area contributed by atoms with E-state index in [4.69, 9.17) is 16.3 Å². The van der Waals surface area contributed by atoms with Gasteiger partial charge in [0.25, 0.3) is 5.95 Å². The van der Waals surface area contributed by atoms with Gasteiger partial charge in [0, 0.05) is 6.04 Å². The first-order valence-corrected chi connectivity index (χ1v) is 7.20. The van der Waals surface area contributed by atoms with Crippen LogP contribution in [0, 0.1) is 0 Å². The van der Waals surface area contributed by atoms with Gasteiger partial charge in [-0.15, -0.1) is 0 Å². The fourth-order valence-corrected chi connectivity index (χ4v) is 2.47. The molecule has 0 aliphatic carbocycles. The summed E-state index contributed by atoms with van der Waals surface area (Å²) in [5.41, 5.74) is 0. The van der Waals surface area contributed by atoms with Crippen LogP contribution in [-0.4, -0.2) is 60.9 Å². The molecule has 1 atom stereocenters. The van der Waals surface area contributed by atoms with Crippen LogP contribution >= 0.6 is 11.6 Å². The second-order valence-corrected chi connectivity index (χ2v) is 5.31. The number of aromatic nitrogens is 6. The Morgan fingerprint density at radius 1 is 1.33 bits per heavy atom. The zero-order chi connectivity index (χ0) is 14.7. The number of nitrogens with zero attached hydrogens (tertiary/aromatic N) is 7. The SMILES string of the molecule is CN1CCCCC1COc1nc(Cl)nc(-n2cncn2)n1. The normalized spacial score (nSPS) is 19.6. The van der Waals surface area contributed by atoms with Crippen LogP contribution < -0.4 is 4.74 Å². The predicted molar refractivity (Wildman–Crippen MR) is 75.5 cm³/mol. The van der Waals surface area contributed by atoms with Crippen molar-refractivity contribution in [2.75, 3.05) is 20.2 Å². The molecule has 1 aliphatic heterocycles. The Morgan fingerprint density at radius 2 is 2.24 bits per heavy atom. The van der Waals surface area contributed by atoms with Crippen molar-refractivity contribution in [1.82, 2.24) is 34.6 Å². The van der Waals surface area contributed by atoms with Crippen LogP contribution in [0.15, 0.2) is 12.7 Å². The van der Waals surface area contributed by atoms with E-state index in [1.807, 2.05) is 0 Å². The topological polar surface area (TPSA) is 81.9 Å². The van der Waals surface area contributed by atoms with E-state index in [0.29, 0.717) is 18.6 Å². The lowest BCUT2D eigenvalue weighted by molar-refractivity contribution is 0.119. The molecule has 1 saturated heterocycles. The summed E-state index contributed by atoms with van der Waals surface area (Å²) in [4.78, 5) is 18.3. The van der Waals surface area contributed by atoms with Gasteiger partial charge >= 0.3 is 6.01 Å². The summed E-state index contributed by atoms with van der Waals surface area (Å²) < 4.78 is 7.10. The molecule has 112 valence electrons. The first-order chi connectivity index (χ1) is 10.2. The van der Waals surface area contributed by atoms with Crippen molar-refractivity contribution >= 4 is 11.6 Å². The molecule has 2 aromatic heterocycles. The van der Waals surface area contributed by atoms with Gasteiger partial charge in [-0.3, -0.25) is 0 Å². The Bertz CT molecular complexity index is 591. The van der Waals surface area contributed by atoms with Gasteiger partial charge in [-0.05, 0) is 38.0 Å². The van der Waals surface area contributed by atoms with Crippen molar-refractivity contribution in [2.24, 2.45) is 0 Å². The molecule has 0 aromatic carbocycles. The monoisotopic (exact) mass is 309 g/mol. The highest BCUT2D eigenvalue weighted by molar-refractivity contribution is 6.28. The van der Waals surface area contributed by atoms with Crippen molar-refractivity contribution in [3.63, 3.8) is 0 Å². The van der Waals surface area contributed by atoms with Crippen LogP contribution in [0.5, 0.6) is 6.01 Å². The number of likely N-dealkylation sites (N-methyl/N-ethyl adjacent to an activating group) is 1. The molecule has 0 bridgehead atoms. The van der Waals surface area contributed by atoms with Crippen LogP contribution in [0.1, 0.15) is 19.3 Å². The highest BCUT2D eigenvalue weighted by atomic mass is 35.5. The minimum Gasteiger partial charge on any atom is -0.462 e. The number of ether oxygens (including phenoxy) is 1. The molecule has 0 amide bonds. The quantitative estimate of drug-likeness (QED) is 0.832. The lowest BCUT2D eigenvalue weighted by Crippen LogP contribution is -2.40. The van der Waals surface area contributed by atoms with Crippen molar-refractivity contribution in [3.8, 4) is 12.0 Å². The molecule has 3 rings (SSSR count). The molecule has 0 radical (unpaired) electrons. The van der Waals surface area contributed by atoms with Crippen LogP contribution in [0.2, 0.25) is 5.28 Å². The molecule has 1 aliphatic rings. The summed E-state index contributed by atoms with van der Waals surface area (Å²) in [7, 11) is 2.11. The first kappa shape index (κ1) is 14.2. The zero-order valence-corrected chi connectivity index (χ0v) is 12.4. The van der Waals surface area contributed by atoms with Gasteiger partial charge in [0.2, 0.25) is 5.28 Å². The Labute approximate surface area is 127 Å². The van der Waals surface area contributed by atoms with Gasteiger partial charge in [-0.1, -0.05) is 6.42 Å². The molecule has 21 heavy (non-hydrogen) atoms. The minimum absolute atomic E-state index is 0.0718. The van der Waals surface area contributed by atoms with Gasteiger partial charge in [-0.2, -0.15) is 24.7 Å². The first-order valence-electron chi connectivity index (χ1n) is 6.82. The van der Waals surface area contributed by atoms with E-state index in [2.05, 4.69) is 37.0 Å². The number of rotatable bonds is 4. The minimum atomic E-state index is 0.0718. The molecule has 1 fully saturated rings. The average Bonchev–Trinajstić information content (AvgIpc) is 3.00. The van der Waals surface area contributed by atoms with Crippen LogP contribution in [0.25, 0.3) is 5.95 Å². The molecule has 3 heterocycles. The summed E-state index contributed by atoms with van der Waals surface area (Å²) >= 11 is 5.90. The highest BCUT2D eigenvalue weighted by Crippen LogP contribution is 2.16. The molecule has 0 saturated carbocycles. The second-order valence-electron chi connectivity index (χ2n) is 4.97. The van der Waals surface area contributed by atoms with E-state index >= 15 is 0 Å². The zero-order valence-electron chi connectivity index (χ0n) is 11.7. The fraction of sp³-hybridized carbons (Fsp3) is 0.583. The largest absolute Gasteiger partial charge is 0.462 e. The van der Waals surface area contributed by atoms with Gasteiger partial charge in [0.1, 0.15) is 19.3 Å². The average molecular weight is 310 g/mol. The van der Waals surface area contributed by atoms with Crippen LogP contribution in [0.4, 0.5) is 0 Å². The summed E-state index contributed by atoms with van der Waals surface area (Å²) in [5.74, 6) is 0.291. The molecule has 2 aromatic rings. The van der Waals surface area contributed by atoms with Crippen LogP contribution in [-0.2, 0) is 0 Å². The standard InChI is InChI=1S/C12H16ClN7O/c1-19-5-3-2-4-9(19)6-21-12-17-10(13)16-11(18-12)20-8-14-7-15-20/h7-9H,2-6H2,1H3. The fourth-order valence-electron chi connectivity index (χ4n) is 2.33. The molecule has 0 spiro atoms. The molecular weight excluding hydrogens is 294 g/mol. The lowest BCUT2D eigenvalue weighted by Gasteiger charge is -2.31. The summed E-state index contributed by atoms with van der Waals surface area (Å²) in [6, 6.07) is 0.587. The van der Waals surface area contributed by atoms with E-state index < -0.39 is 0 Å². The van der Waals surface area contributed by atoms with E-state index in [0.717, 1.165) is 13.0 Å². The molecule has 0 N–H and O–H groups in total. The van der Waals surface area contributed by atoms with Gasteiger partial charge < -0.3 is 9.64 Å². The maximum absolute atomic E-state index is 5.90. The number of halogens is 1. The highest BCUT2D eigenvalue weighted by Gasteiger charge is 2.20. The number of likely N-dealkylation sites (tertiary alicyclic amines) is 1. The third-order valence-corrected chi connectivity index (χ3v) is 3.69. The predicted octanol–water partition coefficient (Wildman–Crippen LogP) is 0.969. The lowest BCUT2D eigenvalue weighted by atomic mass is 10.0. The number of hydrogen-bond acceptors (Lipinski definition) is 7. The van der Waals surface area contributed by atoms with Gasteiger partial charge in [0.05, 0.1) is 0 Å². The van der Waals surface area contributed by atoms with Crippen LogP contribution in [0.3, 0.4) is 0 Å². The molecular formula is C12H16ClN7O. The van der Waals surface area contributed by atoms with Crippen molar-refractivity contribution < 1.29 is 4.74 Å². The second kappa shape index (κ2) is 6.31. The van der Waals surface area contributed by atoms with Crippen molar-refractivity contribution in [3.05, 3.63) is 17.9 Å². The molecule has 1 unspecified atom stereocenters. The Kier molecular flexibility index (Phi) is 4.26. The molecule has 9 heteroatoms. The van der Waals surface area contributed by atoms with Gasteiger partial charge in [-0.25, -0.2) is 4.98 Å². The maximum Gasteiger partial charge on any atom is 0.322 e. The Balaban J connectivity index is 1.70. The third-order valence-electron chi connectivity index (χ3n) is 3.53. The summed E-state index contributed by atoms with van der Waals surface area (Å²) in [6.45, 7) is 1.63. The van der Waals surface area contributed by atoms with E-state index in [1.165, 1.54) is 30.2 Å². The smallest absolute Gasteiger partial charge is 0.322 e. The Morgan fingerprint density at radius 3 is 3.00 bits per heavy atom. The molecule has 8 nitrogen and oxygen atoms in total. The van der Waals surface area contributed by atoms with Gasteiger partial charge in [0.15, 0.2) is 0 Å².